The number of hydrogen-bond donors (Lipinski definition) is 3. The van der Waals surface area contributed by atoms with Gasteiger partial charge in [0.15, 0.2) is 0 Å². The Morgan fingerprint density at radius 2 is 1.02 bits per heavy atom. The number of ether oxygens (including phenoxy) is 2. The van der Waals surface area contributed by atoms with Crippen LogP contribution in [0.3, 0.4) is 0 Å². The summed E-state index contributed by atoms with van der Waals surface area (Å²) in [4.78, 5) is 53.4. The first-order valence-electron chi connectivity index (χ1n) is 15.5. The minimum atomic E-state index is -3.19. The number of hydrogen-bond acceptors (Lipinski definition) is 11. The molecule has 0 spiro atoms. The zero-order valence-electron chi connectivity index (χ0n) is 29.7. The quantitative estimate of drug-likeness (QED) is 0.140. The molecular formula is C38H37ClN4O9S. The maximum Gasteiger partial charge on any atom is 0.356 e. The summed E-state index contributed by atoms with van der Waals surface area (Å²) in [5, 5.41) is 14.6. The summed E-state index contributed by atoms with van der Waals surface area (Å²) in [5.74, 6) is 10.6. The van der Waals surface area contributed by atoms with Crippen LogP contribution in [0, 0.1) is 23.7 Å². The molecule has 2 aromatic carbocycles. The van der Waals surface area contributed by atoms with Crippen molar-refractivity contribution < 1.29 is 42.2 Å². The molecule has 0 atom stereocenters. The Balaban J connectivity index is 0.000000325. The number of pyridine rings is 2. The first kappa shape index (κ1) is 43.1. The summed E-state index contributed by atoms with van der Waals surface area (Å²) in [7, 11) is 3.89. The molecule has 0 radical (unpaired) electrons. The highest BCUT2D eigenvalue weighted by Gasteiger charge is 2.11. The normalized spacial score (nSPS) is 9.81. The summed E-state index contributed by atoms with van der Waals surface area (Å²) >= 11 is 0. The van der Waals surface area contributed by atoms with Gasteiger partial charge in [0.25, 0.3) is 0 Å². The smallest absolute Gasteiger partial charge is 0.356 e. The van der Waals surface area contributed by atoms with Crippen molar-refractivity contribution in [3.63, 3.8) is 0 Å². The number of esters is 2. The Morgan fingerprint density at radius 1 is 0.679 bits per heavy atom. The first-order chi connectivity index (χ1) is 25.0. The lowest BCUT2D eigenvalue weighted by Gasteiger charge is -2.03. The van der Waals surface area contributed by atoms with Gasteiger partial charge in [0.1, 0.15) is 11.4 Å². The number of halogens is 1. The number of nitrogens with zero attached hydrogens (tertiary/aromatic N) is 2. The largest absolute Gasteiger partial charge is 0.464 e. The zero-order chi connectivity index (χ0) is 39.6. The number of aromatic nitrogens is 2. The molecule has 2 amide bonds. The number of benzene rings is 2. The molecule has 0 aliphatic heterocycles. The Hall–Kier alpha value is -6.06. The van der Waals surface area contributed by atoms with Crippen molar-refractivity contribution in [2.24, 2.45) is 0 Å². The highest BCUT2D eigenvalue weighted by molar-refractivity contribution is 8.13. The van der Waals surface area contributed by atoms with Crippen LogP contribution in [0.4, 0.5) is 11.4 Å². The molecule has 15 heteroatoms. The predicted molar refractivity (Wildman–Crippen MR) is 201 cm³/mol. The van der Waals surface area contributed by atoms with Crippen molar-refractivity contribution in [3.8, 4) is 23.7 Å². The lowest BCUT2D eigenvalue weighted by atomic mass is 10.1. The Labute approximate surface area is 312 Å². The SMILES string of the molecule is CCc1cc(C#Cc2ccc(NC(C)=O)cc2)cc(C(=O)OC)n1.COC(=O)c1cc(C#Cc2ccc(NC(C)=O)cc2)cc(CO)n1.CS(=O)(=O)Cl. The van der Waals surface area contributed by atoms with Crippen molar-refractivity contribution in [3.05, 3.63) is 118 Å². The fraction of sp³-hybridized carbons (Fsp3) is 0.211. The van der Waals surface area contributed by atoms with Crippen LogP contribution >= 0.6 is 10.7 Å². The number of rotatable bonds is 6. The number of amides is 2. The van der Waals surface area contributed by atoms with Gasteiger partial charge in [0, 0.05) is 63.9 Å². The monoisotopic (exact) mass is 760 g/mol. The number of methoxy groups -OCH3 is 2. The van der Waals surface area contributed by atoms with Gasteiger partial charge in [-0.25, -0.2) is 28.0 Å². The summed E-state index contributed by atoms with van der Waals surface area (Å²) in [6, 6.07) is 20.8. The molecule has 13 nitrogen and oxygen atoms in total. The number of anilines is 2. The van der Waals surface area contributed by atoms with Crippen LogP contribution in [0.15, 0.2) is 72.8 Å². The fourth-order valence-corrected chi connectivity index (χ4v) is 3.97. The molecule has 2 heterocycles. The lowest BCUT2D eigenvalue weighted by molar-refractivity contribution is -0.115. The van der Waals surface area contributed by atoms with Gasteiger partial charge in [-0.1, -0.05) is 30.6 Å². The van der Waals surface area contributed by atoms with Gasteiger partial charge >= 0.3 is 11.9 Å². The molecule has 4 aromatic rings. The first-order valence-corrected chi connectivity index (χ1v) is 18.2. The van der Waals surface area contributed by atoms with Gasteiger partial charge in [-0.2, -0.15) is 0 Å². The van der Waals surface area contributed by atoms with Gasteiger partial charge in [-0.05, 0) is 79.2 Å². The van der Waals surface area contributed by atoms with Crippen LogP contribution in [0.5, 0.6) is 0 Å². The van der Waals surface area contributed by atoms with Crippen LogP contribution in [-0.4, -0.2) is 67.7 Å². The fourth-order valence-electron chi connectivity index (χ4n) is 3.97. The maximum absolute atomic E-state index is 11.7. The van der Waals surface area contributed by atoms with Crippen LogP contribution in [0.25, 0.3) is 0 Å². The van der Waals surface area contributed by atoms with Crippen LogP contribution in [-0.2, 0) is 41.1 Å². The summed E-state index contributed by atoms with van der Waals surface area (Å²) in [6.45, 7) is 4.56. The molecule has 4 rings (SSSR count). The van der Waals surface area contributed by atoms with Crippen molar-refractivity contribution in [1.82, 2.24) is 9.97 Å². The molecule has 0 bridgehead atoms. The number of aliphatic hydroxyl groups is 1. The predicted octanol–water partition coefficient (Wildman–Crippen LogP) is 4.69. The second kappa shape index (κ2) is 21.3. The molecule has 0 aliphatic rings. The molecule has 0 unspecified atom stereocenters. The summed E-state index contributed by atoms with van der Waals surface area (Å²) in [5.41, 5.74) is 5.66. The van der Waals surface area contributed by atoms with Crippen molar-refractivity contribution in [1.29, 1.82) is 0 Å². The minimum absolute atomic E-state index is 0.0920. The van der Waals surface area contributed by atoms with E-state index in [0.717, 1.165) is 28.8 Å². The number of nitrogens with one attached hydrogen (secondary N) is 2. The molecule has 0 fully saturated rings. The topological polar surface area (TPSA) is 191 Å². The van der Waals surface area contributed by atoms with Crippen LogP contribution < -0.4 is 10.6 Å². The number of carbonyl (C=O) groups excluding carboxylic acids is 4. The van der Waals surface area contributed by atoms with Gasteiger partial charge < -0.3 is 25.2 Å². The van der Waals surface area contributed by atoms with Gasteiger partial charge in [-0.3, -0.25) is 9.59 Å². The molecule has 3 N–H and O–H groups in total. The van der Waals surface area contributed by atoms with Crippen LogP contribution in [0.2, 0.25) is 0 Å². The Morgan fingerprint density at radius 3 is 1.34 bits per heavy atom. The molecule has 276 valence electrons. The van der Waals surface area contributed by atoms with E-state index in [-0.39, 0.29) is 29.8 Å². The highest BCUT2D eigenvalue weighted by atomic mass is 35.7. The van der Waals surface area contributed by atoms with Gasteiger partial charge in [0.2, 0.25) is 20.9 Å². The van der Waals surface area contributed by atoms with E-state index in [0.29, 0.717) is 28.9 Å². The third-order valence-corrected chi connectivity index (χ3v) is 6.18. The second-order valence-electron chi connectivity index (χ2n) is 10.7. The average Bonchev–Trinajstić information content (AvgIpc) is 3.12. The zero-order valence-corrected chi connectivity index (χ0v) is 31.3. The van der Waals surface area contributed by atoms with Gasteiger partial charge in [0.05, 0.1) is 32.8 Å². The molecule has 2 aromatic heterocycles. The van der Waals surface area contributed by atoms with E-state index in [2.05, 4.69) is 59.7 Å². The van der Waals surface area contributed by atoms with E-state index < -0.39 is 21.0 Å². The second-order valence-corrected chi connectivity index (χ2v) is 13.7. The molecule has 0 saturated carbocycles. The Bertz CT molecular complexity index is 2020. The maximum atomic E-state index is 11.7. The molecule has 0 aliphatic carbocycles. The van der Waals surface area contributed by atoms with Crippen molar-refractivity contribution in [2.45, 2.75) is 33.8 Å². The van der Waals surface area contributed by atoms with E-state index >= 15 is 0 Å². The molecular weight excluding hydrogens is 724 g/mol. The highest BCUT2D eigenvalue weighted by Crippen LogP contribution is 2.12. The molecule has 53 heavy (non-hydrogen) atoms. The third kappa shape index (κ3) is 17.1. The minimum Gasteiger partial charge on any atom is -0.464 e. The van der Waals surface area contributed by atoms with E-state index in [9.17, 15) is 32.7 Å². The summed E-state index contributed by atoms with van der Waals surface area (Å²) in [6.07, 6.45) is 1.62. The lowest BCUT2D eigenvalue weighted by Crippen LogP contribution is -2.07. The van der Waals surface area contributed by atoms with E-state index in [4.69, 9.17) is 4.74 Å². The van der Waals surface area contributed by atoms with Crippen molar-refractivity contribution in [2.75, 3.05) is 31.1 Å². The Kier molecular flexibility index (Phi) is 17.4. The summed E-state index contributed by atoms with van der Waals surface area (Å²) < 4.78 is 28.1. The van der Waals surface area contributed by atoms with E-state index in [1.807, 2.05) is 25.1 Å². The third-order valence-electron chi connectivity index (χ3n) is 6.18. The van der Waals surface area contributed by atoms with E-state index in [1.165, 1.54) is 34.1 Å². The number of carbonyl (C=O) groups is 4. The van der Waals surface area contributed by atoms with E-state index in [1.54, 1.807) is 48.5 Å². The van der Waals surface area contributed by atoms with Crippen LogP contribution in [0.1, 0.15) is 75.4 Å². The number of aryl methyl sites for hydroxylation is 1. The average molecular weight is 761 g/mol. The molecule has 0 saturated heterocycles. The number of aliphatic hydroxyl groups excluding tert-OH is 1. The standard InChI is InChI=1S/C19H18N2O3.C18H16N2O4.CH3ClO2S/c1-4-16-11-15(12-18(21-16)19(23)24-3)6-5-14-7-9-17(10-8-14)20-13(2)22;1-12(22)19-15-7-5-13(6-8-15)3-4-14-9-16(11-21)20-17(10-14)18(23)24-2;1-5(2,3)4/h7-12H,4H2,1-3H3,(H,20,22);5-10,21H,11H2,1-2H3,(H,19,22);1H3. The van der Waals surface area contributed by atoms with Crippen molar-refractivity contribution >= 4 is 54.9 Å². The van der Waals surface area contributed by atoms with Gasteiger partial charge in [-0.15, -0.1) is 0 Å².